The van der Waals surface area contributed by atoms with Gasteiger partial charge in [-0.2, -0.15) is 8.78 Å². The van der Waals surface area contributed by atoms with Crippen molar-refractivity contribution in [3.8, 4) is 5.75 Å². The van der Waals surface area contributed by atoms with Crippen molar-refractivity contribution in [1.82, 2.24) is 5.32 Å². The molecule has 3 rings (SSSR count). The first-order valence-corrected chi connectivity index (χ1v) is 7.16. The zero-order valence-electron chi connectivity index (χ0n) is 11.9. The second-order valence-electron chi connectivity index (χ2n) is 4.66. The molecule has 0 saturated carbocycles. The lowest BCUT2D eigenvalue weighted by atomic mass is 9.89. The van der Waals surface area contributed by atoms with Crippen molar-refractivity contribution < 1.29 is 18.3 Å². The number of fused-ring (bicyclic) bond motifs is 3. The molecule has 0 spiro atoms. The van der Waals surface area contributed by atoms with E-state index in [0.717, 1.165) is 30.5 Å². The quantitative estimate of drug-likeness (QED) is 0.900. The minimum Gasteiger partial charge on any atom is -0.435 e. The van der Waals surface area contributed by atoms with Crippen LogP contribution >= 0.6 is 0 Å². The van der Waals surface area contributed by atoms with Crippen LogP contribution in [0, 0.1) is 0 Å². The maximum absolute atomic E-state index is 12.2. The van der Waals surface area contributed by atoms with E-state index in [-0.39, 0.29) is 17.9 Å². The van der Waals surface area contributed by atoms with Gasteiger partial charge in [-0.15, -0.1) is 0 Å². The van der Waals surface area contributed by atoms with Crippen LogP contribution < -0.4 is 10.1 Å². The average molecular weight is 285 g/mol. The minimum absolute atomic E-state index is 0.183. The Morgan fingerprint density at radius 1 is 1.35 bits per heavy atom. The van der Waals surface area contributed by atoms with Crippen LogP contribution in [-0.2, 0) is 11.3 Å². The summed E-state index contributed by atoms with van der Waals surface area (Å²) < 4.78 is 34.5. The highest BCUT2D eigenvalue weighted by molar-refractivity contribution is 5.39. The molecule has 0 amide bonds. The molecule has 112 valence electrons. The lowest BCUT2D eigenvalue weighted by Gasteiger charge is -2.37. The number of piperidine rings is 1. The van der Waals surface area contributed by atoms with Crippen LogP contribution in [0.2, 0.25) is 0 Å². The van der Waals surface area contributed by atoms with Crippen LogP contribution in [0.1, 0.15) is 43.9 Å². The van der Waals surface area contributed by atoms with Crippen molar-refractivity contribution in [3.63, 3.8) is 0 Å². The number of hydrogen-bond acceptors (Lipinski definition) is 3. The van der Waals surface area contributed by atoms with Gasteiger partial charge in [-0.05, 0) is 42.6 Å². The van der Waals surface area contributed by atoms with E-state index in [1.54, 1.807) is 12.1 Å². The third-order valence-electron chi connectivity index (χ3n) is 3.53. The predicted octanol–water partition coefficient (Wildman–Crippen LogP) is 3.64. The van der Waals surface area contributed by atoms with Crippen LogP contribution in [0.4, 0.5) is 8.78 Å². The van der Waals surface area contributed by atoms with Gasteiger partial charge in [-0.25, -0.2) is 0 Å². The normalized spacial score (nSPS) is 24.2. The average Bonchev–Trinajstić information content (AvgIpc) is 2.48. The van der Waals surface area contributed by atoms with Gasteiger partial charge < -0.3 is 14.8 Å². The van der Waals surface area contributed by atoms with E-state index in [4.69, 9.17) is 4.74 Å². The Hall–Kier alpha value is -1.20. The number of alkyl halides is 2. The van der Waals surface area contributed by atoms with E-state index in [1.165, 1.54) is 0 Å². The molecule has 1 aromatic rings. The van der Waals surface area contributed by atoms with Crippen LogP contribution in [0.3, 0.4) is 0 Å². The number of hydrogen-bond donors (Lipinski definition) is 1. The Kier molecular flexibility index (Phi) is 5.31. The maximum Gasteiger partial charge on any atom is 0.387 e. The molecule has 1 aromatic carbocycles. The van der Waals surface area contributed by atoms with Gasteiger partial charge in [-0.1, -0.05) is 19.9 Å². The summed E-state index contributed by atoms with van der Waals surface area (Å²) in [7, 11) is 0. The van der Waals surface area contributed by atoms with E-state index in [2.05, 4.69) is 10.1 Å². The SMILES string of the molecule is CC.FC(F)Oc1ccc2c(c1)CO[C@H]1CCCN[C@@H]21. The zero-order chi connectivity index (χ0) is 14.5. The van der Waals surface area contributed by atoms with Gasteiger partial charge in [-0.3, -0.25) is 0 Å². The number of halogens is 2. The smallest absolute Gasteiger partial charge is 0.387 e. The molecule has 20 heavy (non-hydrogen) atoms. The molecule has 0 bridgehead atoms. The van der Waals surface area contributed by atoms with Gasteiger partial charge in [0.2, 0.25) is 0 Å². The maximum atomic E-state index is 12.2. The van der Waals surface area contributed by atoms with E-state index < -0.39 is 6.61 Å². The highest BCUT2D eigenvalue weighted by atomic mass is 19.3. The van der Waals surface area contributed by atoms with Crippen molar-refractivity contribution in [2.24, 2.45) is 0 Å². The van der Waals surface area contributed by atoms with Crippen molar-refractivity contribution in [2.75, 3.05) is 6.54 Å². The summed E-state index contributed by atoms with van der Waals surface area (Å²) in [5, 5.41) is 3.42. The van der Waals surface area contributed by atoms with Crippen LogP contribution in [-0.4, -0.2) is 19.3 Å². The van der Waals surface area contributed by atoms with Crippen molar-refractivity contribution in [2.45, 2.75) is 52.1 Å². The van der Waals surface area contributed by atoms with Gasteiger partial charge in [0.1, 0.15) is 5.75 Å². The molecular formula is C15H21F2NO2. The summed E-state index contributed by atoms with van der Waals surface area (Å²) in [5.74, 6) is 0.196. The summed E-state index contributed by atoms with van der Waals surface area (Å²) in [6.07, 6.45) is 2.36. The first-order valence-electron chi connectivity index (χ1n) is 7.16. The fourth-order valence-electron chi connectivity index (χ4n) is 2.73. The standard InChI is InChI=1S/C13H15F2NO2.C2H6/c14-13(15)18-9-3-4-10-8(6-9)7-17-11-2-1-5-16-12(10)11;1-2/h3-4,6,11-13,16H,1-2,5,7H2;1-2H3/t11-,12-;/m0./s1. The molecule has 2 atom stereocenters. The molecule has 2 heterocycles. The lowest BCUT2D eigenvalue weighted by Crippen LogP contribution is -2.42. The van der Waals surface area contributed by atoms with E-state index in [9.17, 15) is 8.78 Å². The molecule has 0 aromatic heterocycles. The third-order valence-corrected chi connectivity index (χ3v) is 3.53. The molecule has 1 fully saturated rings. The zero-order valence-corrected chi connectivity index (χ0v) is 11.9. The molecule has 1 saturated heterocycles. The summed E-state index contributed by atoms with van der Waals surface area (Å²) in [6, 6.07) is 5.30. The van der Waals surface area contributed by atoms with Crippen molar-refractivity contribution in [3.05, 3.63) is 29.3 Å². The molecule has 0 unspecified atom stereocenters. The largest absolute Gasteiger partial charge is 0.435 e. The fourth-order valence-corrected chi connectivity index (χ4v) is 2.73. The highest BCUT2D eigenvalue weighted by Gasteiger charge is 2.32. The second kappa shape index (κ2) is 6.99. The molecule has 3 nitrogen and oxygen atoms in total. The Balaban J connectivity index is 0.000000704. The highest BCUT2D eigenvalue weighted by Crippen LogP contribution is 2.35. The van der Waals surface area contributed by atoms with Gasteiger partial charge >= 0.3 is 6.61 Å². The summed E-state index contributed by atoms with van der Waals surface area (Å²) in [5.41, 5.74) is 2.08. The van der Waals surface area contributed by atoms with Gasteiger partial charge in [0, 0.05) is 0 Å². The molecule has 2 aliphatic heterocycles. The molecule has 0 aliphatic carbocycles. The predicted molar refractivity (Wildman–Crippen MR) is 73.0 cm³/mol. The van der Waals surface area contributed by atoms with Crippen LogP contribution in [0.15, 0.2) is 18.2 Å². The number of nitrogens with one attached hydrogen (secondary N) is 1. The van der Waals surface area contributed by atoms with Gasteiger partial charge in [0.25, 0.3) is 0 Å². The van der Waals surface area contributed by atoms with E-state index >= 15 is 0 Å². The molecule has 0 radical (unpaired) electrons. The topological polar surface area (TPSA) is 30.5 Å². The lowest BCUT2D eigenvalue weighted by molar-refractivity contribution is -0.0505. The Bertz CT molecular complexity index is 440. The summed E-state index contributed by atoms with van der Waals surface area (Å²) in [6.45, 7) is 2.66. The Morgan fingerprint density at radius 3 is 2.90 bits per heavy atom. The molecule has 5 heteroatoms. The van der Waals surface area contributed by atoms with Gasteiger partial charge in [0.15, 0.2) is 0 Å². The van der Waals surface area contributed by atoms with Crippen LogP contribution in [0.5, 0.6) is 5.75 Å². The Labute approximate surface area is 118 Å². The fraction of sp³-hybridized carbons (Fsp3) is 0.600. The van der Waals surface area contributed by atoms with E-state index in [1.807, 2.05) is 19.9 Å². The first kappa shape index (κ1) is 15.2. The van der Waals surface area contributed by atoms with Crippen molar-refractivity contribution in [1.29, 1.82) is 0 Å². The first-order chi connectivity index (χ1) is 9.74. The van der Waals surface area contributed by atoms with E-state index in [0.29, 0.717) is 6.61 Å². The minimum atomic E-state index is -2.78. The van der Waals surface area contributed by atoms with Gasteiger partial charge in [0.05, 0.1) is 18.8 Å². The molecule has 1 N–H and O–H groups in total. The summed E-state index contributed by atoms with van der Waals surface area (Å²) in [4.78, 5) is 0. The molecular weight excluding hydrogens is 264 g/mol. The monoisotopic (exact) mass is 285 g/mol. The number of benzene rings is 1. The number of rotatable bonds is 2. The Morgan fingerprint density at radius 2 is 2.15 bits per heavy atom. The van der Waals surface area contributed by atoms with Crippen molar-refractivity contribution >= 4 is 0 Å². The third kappa shape index (κ3) is 3.27. The number of ether oxygens (including phenoxy) is 2. The molecule has 2 aliphatic rings. The summed E-state index contributed by atoms with van der Waals surface area (Å²) >= 11 is 0. The van der Waals surface area contributed by atoms with Crippen LogP contribution in [0.25, 0.3) is 0 Å². The second-order valence-corrected chi connectivity index (χ2v) is 4.66.